The topological polar surface area (TPSA) is 74.1 Å². The minimum Gasteiger partial charge on any atom is -0.381 e. The van der Waals surface area contributed by atoms with Crippen LogP contribution in [-0.2, 0) is 9.47 Å². The SMILES string of the molecule is COC1(CNc2ncnc3c2cnn3-c2ccccc2)CCOCC1. The molecule has 1 aliphatic heterocycles. The van der Waals surface area contributed by atoms with Crippen molar-refractivity contribution in [1.29, 1.82) is 0 Å². The zero-order chi connectivity index (χ0) is 17.1. The second kappa shape index (κ2) is 6.78. The largest absolute Gasteiger partial charge is 0.381 e. The van der Waals surface area contributed by atoms with E-state index in [4.69, 9.17) is 9.47 Å². The number of methoxy groups -OCH3 is 1. The van der Waals surface area contributed by atoms with E-state index in [1.807, 2.05) is 35.0 Å². The van der Waals surface area contributed by atoms with E-state index < -0.39 is 0 Å². The number of para-hydroxylation sites is 1. The number of fused-ring (bicyclic) bond motifs is 1. The number of rotatable bonds is 5. The monoisotopic (exact) mass is 339 g/mol. The van der Waals surface area contributed by atoms with Gasteiger partial charge in [0.25, 0.3) is 0 Å². The maximum absolute atomic E-state index is 5.78. The van der Waals surface area contributed by atoms with Gasteiger partial charge in [-0.3, -0.25) is 0 Å². The van der Waals surface area contributed by atoms with Gasteiger partial charge in [-0.05, 0) is 12.1 Å². The van der Waals surface area contributed by atoms with Gasteiger partial charge in [-0.2, -0.15) is 5.10 Å². The Morgan fingerprint density at radius 2 is 2.00 bits per heavy atom. The molecule has 0 radical (unpaired) electrons. The van der Waals surface area contributed by atoms with Gasteiger partial charge in [-0.1, -0.05) is 18.2 Å². The van der Waals surface area contributed by atoms with Crippen LogP contribution in [0.2, 0.25) is 0 Å². The standard InChI is InChI=1S/C18H21N5O2/c1-24-18(7-9-25-10-8-18)12-19-16-15-11-22-23(17(15)21-13-20-16)14-5-3-2-4-6-14/h2-6,11,13H,7-10,12H2,1H3,(H,19,20,21). The molecule has 0 aliphatic carbocycles. The third-order valence-electron chi connectivity index (χ3n) is 4.78. The van der Waals surface area contributed by atoms with Crippen LogP contribution in [0.25, 0.3) is 16.7 Å². The molecule has 1 N–H and O–H groups in total. The lowest BCUT2D eigenvalue weighted by molar-refractivity contribution is -0.0807. The molecule has 0 spiro atoms. The van der Waals surface area contributed by atoms with Crippen molar-refractivity contribution in [2.45, 2.75) is 18.4 Å². The van der Waals surface area contributed by atoms with Crippen LogP contribution in [0, 0.1) is 0 Å². The van der Waals surface area contributed by atoms with Crippen LogP contribution in [-0.4, -0.2) is 52.2 Å². The van der Waals surface area contributed by atoms with Crippen LogP contribution in [0.5, 0.6) is 0 Å². The van der Waals surface area contributed by atoms with E-state index in [1.54, 1.807) is 19.6 Å². The summed E-state index contributed by atoms with van der Waals surface area (Å²) in [6, 6.07) is 9.95. The molecule has 0 unspecified atom stereocenters. The molecule has 0 atom stereocenters. The van der Waals surface area contributed by atoms with Crippen molar-refractivity contribution in [2.75, 3.05) is 32.2 Å². The number of benzene rings is 1. The first-order chi connectivity index (χ1) is 12.3. The van der Waals surface area contributed by atoms with E-state index in [9.17, 15) is 0 Å². The first kappa shape index (κ1) is 16.0. The van der Waals surface area contributed by atoms with Crippen LogP contribution < -0.4 is 5.32 Å². The smallest absolute Gasteiger partial charge is 0.168 e. The number of anilines is 1. The van der Waals surface area contributed by atoms with Gasteiger partial charge in [0.2, 0.25) is 0 Å². The third-order valence-corrected chi connectivity index (χ3v) is 4.78. The molecular formula is C18H21N5O2. The maximum Gasteiger partial charge on any atom is 0.168 e. The van der Waals surface area contributed by atoms with Gasteiger partial charge in [0, 0.05) is 39.7 Å². The van der Waals surface area contributed by atoms with Crippen molar-refractivity contribution >= 4 is 16.9 Å². The number of ether oxygens (including phenoxy) is 2. The van der Waals surface area contributed by atoms with Crippen molar-refractivity contribution in [2.24, 2.45) is 0 Å². The normalized spacial score (nSPS) is 16.8. The van der Waals surface area contributed by atoms with E-state index in [2.05, 4.69) is 20.4 Å². The summed E-state index contributed by atoms with van der Waals surface area (Å²) in [5.74, 6) is 0.773. The minimum atomic E-state index is -0.217. The van der Waals surface area contributed by atoms with Gasteiger partial charge >= 0.3 is 0 Å². The van der Waals surface area contributed by atoms with E-state index >= 15 is 0 Å². The van der Waals surface area contributed by atoms with Gasteiger partial charge in [-0.25, -0.2) is 14.6 Å². The number of nitrogens with zero attached hydrogens (tertiary/aromatic N) is 4. The molecule has 4 rings (SSSR count). The quantitative estimate of drug-likeness (QED) is 0.769. The molecule has 130 valence electrons. The average Bonchev–Trinajstić information content (AvgIpc) is 3.12. The Kier molecular flexibility index (Phi) is 4.33. The van der Waals surface area contributed by atoms with Crippen molar-refractivity contribution < 1.29 is 9.47 Å². The molecule has 3 aromatic rings. The molecule has 2 aromatic heterocycles. The lowest BCUT2D eigenvalue weighted by Gasteiger charge is -2.36. The fraction of sp³-hybridized carbons (Fsp3) is 0.389. The van der Waals surface area contributed by atoms with Gasteiger partial charge in [0.1, 0.15) is 12.1 Å². The highest BCUT2D eigenvalue weighted by Gasteiger charge is 2.32. The van der Waals surface area contributed by atoms with Crippen LogP contribution in [0.15, 0.2) is 42.9 Å². The summed E-state index contributed by atoms with van der Waals surface area (Å²) in [5.41, 5.74) is 1.53. The Hall–Kier alpha value is -2.51. The minimum absolute atomic E-state index is 0.217. The molecule has 3 heterocycles. The molecule has 0 saturated carbocycles. The second-order valence-electron chi connectivity index (χ2n) is 6.20. The molecule has 7 nitrogen and oxygen atoms in total. The first-order valence-electron chi connectivity index (χ1n) is 8.42. The summed E-state index contributed by atoms with van der Waals surface area (Å²) in [4.78, 5) is 8.81. The predicted octanol–water partition coefficient (Wildman–Crippen LogP) is 2.42. The summed E-state index contributed by atoms with van der Waals surface area (Å²) in [6.45, 7) is 2.12. The summed E-state index contributed by atoms with van der Waals surface area (Å²) in [6.07, 6.45) is 5.10. The Balaban J connectivity index is 1.61. The number of nitrogens with one attached hydrogen (secondary N) is 1. The molecule has 0 amide bonds. The molecule has 0 bridgehead atoms. The van der Waals surface area contributed by atoms with Crippen LogP contribution in [0.3, 0.4) is 0 Å². The summed E-state index contributed by atoms with van der Waals surface area (Å²) in [5, 5.41) is 8.80. The van der Waals surface area contributed by atoms with Crippen molar-refractivity contribution in [3.8, 4) is 5.69 Å². The second-order valence-corrected chi connectivity index (χ2v) is 6.20. The molecule has 1 aromatic carbocycles. The lowest BCUT2D eigenvalue weighted by Crippen LogP contribution is -2.44. The average molecular weight is 339 g/mol. The summed E-state index contributed by atoms with van der Waals surface area (Å²) >= 11 is 0. The van der Waals surface area contributed by atoms with Gasteiger partial charge in [-0.15, -0.1) is 0 Å². The Morgan fingerprint density at radius 1 is 1.20 bits per heavy atom. The Morgan fingerprint density at radius 3 is 2.76 bits per heavy atom. The van der Waals surface area contributed by atoms with E-state index in [-0.39, 0.29) is 5.60 Å². The molecule has 25 heavy (non-hydrogen) atoms. The highest BCUT2D eigenvalue weighted by atomic mass is 16.5. The number of hydrogen-bond donors (Lipinski definition) is 1. The van der Waals surface area contributed by atoms with Crippen molar-refractivity contribution in [3.63, 3.8) is 0 Å². The fourth-order valence-corrected chi connectivity index (χ4v) is 3.18. The zero-order valence-electron chi connectivity index (χ0n) is 14.2. The van der Waals surface area contributed by atoms with Crippen molar-refractivity contribution in [1.82, 2.24) is 19.7 Å². The molecule has 1 fully saturated rings. The first-order valence-corrected chi connectivity index (χ1v) is 8.42. The van der Waals surface area contributed by atoms with Crippen LogP contribution in [0.4, 0.5) is 5.82 Å². The van der Waals surface area contributed by atoms with Crippen molar-refractivity contribution in [3.05, 3.63) is 42.9 Å². The number of hydrogen-bond acceptors (Lipinski definition) is 6. The van der Waals surface area contributed by atoms with Crippen LogP contribution >= 0.6 is 0 Å². The number of aromatic nitrogens is 4. The molecule has 1 saturated heterocycles. The van der Waals surface area contributed by atoms with Gasteiger partial charge in [0.15, 0.2) is 5.65 Å². The Labute approximate surface area is 146 Å². The summed E-state index contributed by atoms with van der Waals surface area (Å²) < 4.78 is 13.1. The predicted molar refractivity (Wildman–Crippen MR) is 94.9 cm³/mol. The maximum atomic E-state index is 5.78. The fourth-order valence-electron chi connectivity index (χ4n) is 3.18. The van der Waals surface area contributed by atoms with Gasteiger partial charge in [0.05, 0.1) is 22.9 Å². The highest BCUT2D eigenvalue weighted by Crippen LogP contribution is 2.27. The Bertz CT molecular complexity index is 843. The molecule has 7 heteroatoms. The zero-order valence-corrected chi connectivity index (χ0v) is 14.2. The third kappa shape index (κ3) is 3.08. The van der Waals surface area contributed by atoms with Gasteiger partial charge < -0.3 is 14.8 Å². The van der Waals surface area contributed by atoms with E-state index in [0.717, 1.165) is 48.6 Å². The molecular weight excluding hydrogens is 318 g/mol. The highest BCUT2D eigenvalue weighted by molar-refractivity contribution is 5.87. The summed E-state index contributed by atoms with van der Waals surface area (Å²) in [7, 11) is 1.76. The van der Waals surface area contributed by atoms with Crippen LogP contribution in [0.1, 0.15) is 12.8 Å². The van der Waals surface area contributed by atoms with E-state index in [1.165, 1.54) is 0 Å². The lowest BCUT2D eigenvalue weighted by atomic mass is 9.94. The molecule has 1 aliphatic rings. The van der Waals surface area contributed by atoms with E-state index in [0.29, 0.717) is 6.54 Å².